The predicted molar refractivity (Wildman–Crippen MR) is 88.0 cm³/mol. The molecule has 0 radical (unpaired) electrons. The van der Waals surface area contributed by atoms with E-state index >= 15 is 0 Å². The number of primary amides is 1. The molecule has 22 heavy (non-hydrogen) atoms. The summed E-state index contributed by atoms with van der Waals surface area (Å²) < 4.78 is 0. The number of aromatic nitrogens is 2. The largest absolute Gasteiger partial charge is 0.381 e. The van der Waals surface area contributed by atoms with Crippen LogP contribution in [0, 0.1) is 0 Å². The number of hydrogen-bond donors (Lipinski definition) is 2. The van der Waals surface area contributed by atoms with Gasteiger partial charge < -0.3 is 11.1 Å². The van der Waals surface area contributed by atoms with Crippen molar-refractivity contribution in [3.8, 4) is 0 Å². The summed E-state index contributed by atoms with van der Waals surface area (Å²) in [5, 5.41) is 3.54. The monoisotopic (exact) mass is 318 g/mol. The molecule has 0 bridgehead atoms. The van der Waals surface area contributed by atoms with Crippen LogP contribution in [0.25, 0.3) is 0 Å². The van der Waals surface area contributed by atoms with E-state index < -0.39 is 5.91 Å². The van der Waals surface area contributed by atoms with Gasteiger partial charge in [0, 0.05) is 35.6 Å². The Labute approximate surface area is 134 Å². The third-order valence-corrected chi connectivity index (χ3v) is 3.42. The molecule has 0 aliphatic carbocycles. The summed E-state index contributed by atoms with van der Waals surface area (Å²) in [5.74, 6) is 0.271. The number of hydrogen-bond acceptors (Lipinski definition) is 4. The van der Waals surface area contributed by atoms with Crippen molar-refractivity contribution >= 4 is 23.2 Å². The Kier molecular flexibility index (Phi) is 4.66. The Hall–Kier alpha value is -2.14. The van der Waals surface area contributed by atoms with Gasteiger partial charge in [0.05, 0.1) is 10.6 Å². The Morgan fingerprint density at radius 1 is 1.27 bits per heavy atom. The van der Waals surface area contributed by atoms with Gasteiger partial charge >= 0.3 is 0 Å². The van der Waals surface area contributed by atoms with E-state index in [1.54, 1.807) is 30.6 Å². The average molecular weight is 319 g/mol. The molecule has 1 aromatic heterocycles. The van der Waals surface area contributed by atoms with Crippen LogP contribution in [0.5, 0.6) is 0 Å². The fourth-order valence-corrected chi connectivity index (χ4v) is 2.14. The molecule has 1 aromatic carbocycles. The Balaban J connectivity index is 2.04. The maximum atomic E-state index is 11.1. The van der Waals surface area contributed by atoms with Crippen molar-refractivity contribution in [1.82, 2.24) is 9.97 Å². The van der Waals surface area contributed by atoms with Crippen molar-refractivity contribution < 1.29 is 4.79 Å². The lowest BCUT2D eigenvalue weighted by atomic mass is 9.96. The average Bonchev–Trinajstić information content (AvgIpc) is 2.44. The van der Waals surface area contributed by atoms with Gasteiger partial charge in [-0.15, -0.1) is 0 Å². The van der Waals surface area contributed by atoms with Gasteiger partial charge in [-0.2, -0.15) is 0 Å². The smallest absolute Gasteiger partial charge is 0.250 e. The van der Waals surface area contributed by atoms with E-state index in [9.17, 15) is 4.79 Å². The van der Waals surface area contributed by atoms with Gasteiger partial charge in [0.2, 0.25) is 5.91 Å². The highest BCUT2D eigenvalue weighted by molar-refractivity contribution is 6.34. The Morgan fingerprint density at radius 3 is 2.41 bits per heavy atom. The highest BCUT2D eigenvalue weighted by Crippen LogP contribution is 2.21. The molecule has 5 nitrogen and oxygen atoms in total. The maximum Gasteiger partial charge on any atom is 0.250 e. The Bertz CT molecular complexity index is 678. The molecule has 2 aromatic rings. The second-order valence-electron chi connectivity index (χ2n) is 6.08. The summed E-state index contributed by atoms with van der Waals surface area (Å²) in [6.45, 7) is 6.78. The molecular formula is C16H19ClN4O. The topological polar surface area (TPSA) is 80.9 Å². The first-order valence-corrected chi connectivity index (χ1v) is 7.30. The molecule has 0 saturated heterocycles. The van der Waals surface area contributed by atoms with Crippen LogP contribution >= 0.6 is 11.6 Å². The molecule has 0 aliphatic heterocycles. The first kappa shape index (κ1) is 16.2. The first-order chi connectivity index (χ1) is 10.3. The number of nitrogens with one attached hydrogen (secondary N) is 1. The molecule has 0 saturated carbocycles. The number of rotatable bonds is 4. The van der Waals surface area contributed by atoms with Crippen molar-refractivity contribution in [1.29, 1.82) is 0 Å². The lowest BCUT2D eigenvalue weighted by molar-refractivity contribution is 0.100. The quantitative estimate of drug-likeness (QED) is 0.907. The molecule has 6 heteroatoms. The van der Waals surface area contributed by atoms with Crippen LogP contribution in [0.2, 0.25) is 5.02 Å². The van der Waals surface area contributed by atoms with Gasteiger partial charge in [-0.05, 0) is 18.2 Å². The number of anilines is 1. The summed E-state index contributed by atoms with van der Waals surface area (Å²) in [4.78, 5) is 19.9. The number of carbonyl (C=O) groups excluding carboxylic acids is 1. The number of carbonyl (C=O) groups is 1. The molecule has 0 spiro atoms. The zero-order valence-corrected chi connectivity index (χ0v) is 13.6. The number of benzene rings is 1. The summed E-state index contributed by atoms with van der Waals surface area (Å²) in [6, 6.07) is 5.04. The van der Waals surface area contributed by atoms with Crippen LogP contribution in [0.4, 0.5) is 5.69 Å². The van der Waals surface area contributed by atoms with Gasteiger partial charge in [-0.1, -0.05) is 32.4 Å². The molecule has 1 amide bonds. The predicted octanol–water partition coefficient (Wildman–Crippen LogP) is 3.14. The van der Waals surface area contributed by atoms with Gasteiger partial charge in [-0.25, -0.2) is 9.97 Å². The molecule has 3 N–H and O–H groups in total. The van der Waals surface area contributed by atoms with E-state index in [1.807, 2.05) is 0 Å². The second-order valence-corrected chi connectivity index (χ2v) is 6.48. The van der Waals surface area contributed by atoms with Gasteiger partial charge in [0.15, 0.2) is 0 Å². The van der Waals surface area contributed by atoms with Crippen LogP contribution in [-0.4, -0.2) is 15.9 Å². The first-order valence-electron chi connectivity index (χ1n) is 6.92. The van der Waals surface area contributed by atoms with Crippen molar-refractivity contribution in [2.45, 2.75) is 32.7 Å². The fourth-order valence-electron chi connectivity index (χ4n) is 1.86. The molecule has 116 valence electrons. The van der Waals surface area contributed by atoms with Crippen molar-refractivity contribution in [2.75, 3.05) is 5.32 Å². The van der Waals surface area contributed by atoms with Crippen molar-refractivity contribution in [3.05, 3.63) is 52.6 Å². The zero-order valence-electron chi connectivity index (χ0n) is 12.9. The summed E-state index contributed by atoms with van der Waals surface area (Å²) in [5.41, 5.74) is 7.23. The van der Waals surface area contributed by atoms with E-state index in [2.05, 4.69) is 36.1 Å². The lowest BCUT2D eigenvalue weighted by Gasteiger charge is -2.16. The third-order valence-electron chi connectivity index (χ3n) is 3.11. The van der Waals surface area contributed by atoms with E-state index in [1.165, 1.54) is 0 Å². The minimum atomic E-state index is -0.539. The molecule has 2 rings (SSSR count). The Morgan fingerprint density at radius 2 is 1.91 bits per heavy atom. The third kappa shape index (κ3) is 3.95. The molecule has 0 aliphatic rings. The highest BCUT2D eigenvalue weighted by atomic mass is 35.5. The normalized spacial score (nSPS) is 11.3. The van der Waals surface area contributed by atoms with Gasteiger partial charge in [-0.3, -0.25) is 4.79 Å². The van der Waals surface area contributed by atoms with Crippen molar-refractivity contribution in [2.24, 2.45) is 5.73 Å². The summed E-state index contributed by atoms with van der Waals surface area (Å²) in [7, 11) is 0. The molecule has 0 fully saturated rings. The maximum absolute atomic E-state index is 11.1. The van der Waals surface area contributed by atoms with Gasteiger partial charge in [0.1, 0.15) is 5.82 Å². The fraction of sp³-hybridized carbons (Fsp3) is 0.312. The second kappa shape index (κ2) is 6.32. The van der Waals surface area contributed by atoms with Crippen LogP contribution in [0.15, 0.2) is 30.6 Å². The SMILES string of the molecule is CC(C)(C)c1ncc(CNc2ccc(C(N)=O)c(Cl)c2)cn1. The minimum Gasteiger partial charge on any atom is -0.381 e. The number of nitrogens with zero attached hydrogens (tertiary/aromatic N) is 2. The van der Waals surface area contributed by atoms with Gasteiger partial charge in [0.25, 0.3) is 0 Å². The van der Waals surface area contributed by atoms with E-state index in [0.717, 1.165) is 17.1 Å². The van der Waals surface area contributed by atoms with E-state index in [4.69, 9.17) is 17.3 Å². The van der Waals surface area contributed by atoms with Crippen LogP contribution in [-0.2, 0) is 12.0 Å². The summed E-state index contributed by atoms with van der Waals surface area (Å²) >= 11 is 6.01. The standard InChI is InChI=1S/C16H19ClN4O/c1-16(2,3)15-20-8-10(9-21-15)7-19-11-4-5-12(14(18)22)13(17)6-11/h4-6,8-9,19H,7H2,1-3H3,(H2,18,22). The lowest BCUT2D eigenvalue weighted by Crippen LogP contribution is -2.16. The number of amides is 1. The van der Waals surface area contributed by atoms with Crippen LogP contribution < -0.4 is 11.1 Å². The van der Waals surface area contributed by atoms with Crippen LogP contribution in [0.1, 0.15) is 42.5 Å². The summed E-state index contributed by atoms with van der Waals surface area (Å²) in [6.07, 6.45) is 3.61. The van der Waals surface area contributed by atoms with E-state index in [0.29, 0.717) is 17.1 Å². The van der Waals surface area contributed by atoms with Crippen molar-refractivity contribution in [3.63, 3.8) is 0 Å². The number of halogens is 1. The highest BCUT2D eigenvalue weighted by Gasteiger charge is 2.16. The molecule has 0 unspecified atom stereocenters. The number of nitrogens with two attached hydrogens (primary N) is 1. The molecular weight excluding hydrogens is 300 g/mol. The minimum absolute atomic E-state index is 0.0654. The molecule has 1 heterocycles. The molecule has 0 atom stereocenters. The zero-order chi connectivity index (χ0) is 16.3. The van der Waals surface area contributed by atoms with Crippen LogP contribution in [0.3, 0.4) is 0 Å². The van der Waals surface area contributed by atoms with E-state index in [-0.39, 0.29) is 5.41 Å².